The summed E-state index contributed by atoms with van der Waals surface area (Å²) in [4.78, 5) is 18.6. The molecule has 0 saturated carbocycles. The average Bonchev–Trinajstić information content (AvgIpc) is 3.13. The number of aliphatic imine (C=N–C) groups is 1. The highest BCUT2D eigenvalue weighted by molar-refractivity contribution is 14.0. The normalized spacial score (nSPS) is 10.8. The van der Waals surface area contributed by atoms with E-state index in [-0.39, 0.29) is 29.9 Å². The standard InChI is InChI=1S/C19H26N4OS.HI/c1-4-21-19(23(3)13-16-9-11-25-14-16)22-10-8-15-6-5-7-17(12-15)18(24)20-2;/h5-7,9,11-12,14H,4,8,10,13H2,1-3H3,(H,20,24)(H,21,22);1H. The molecule has 1 aromatic carbocycles. The second kappa shape index (κ2) is 11.9. The first-order chi connectivity index (χ1) is 12.1. The summed E-state index contributed by atoms with van der Waals surface area (Å²) < 4.78 is 0. The molecule has 2 N–H and O–H groups in total. The van der Waals surface area contributed by atoms with Gasteiger partial charge in [-0.25, -0.2) is 0 Å². The Morgan fingerprint density at radius 2 is 2.08 bits per heavy atom. The Kier molecular flexibility index (Phi) is 10.3. The molecule has 2 rings (SSSR count). The van der Waals surface area contributed by atoms with Crippen LogP contribution in [0.25, 0.3) is 0 Å². The number of thiophene rings is 1. The van der Waals surface area contributed by atoms with Gasteiger partial charge in [0.15, 0.2) is 5.96 Å². The molecule has 26 heavy (non-hydrogen) atoms. The zero-order valence-corrected chi connectivity index (χ0v) is 18.6. The molecule has 0 aliphatic carbocycles. The molecule has 0 atom stereocenters. The number of rotatable bonds is 7. The van der Waals surface area contributed by atoms with E-state index in [9.17, 15) is 4.79 Å². The van der Waals surface area contributed by atoms with Crippen molar-refractivity contribution in [2.45, 2.75) is 19.9 Å². The van der Waals surface area contributed by atoms with Crippen LogP contribution in [0, 0.1) is 0 Å². The summed E-state index contributed by atoms with van der Waals surface area (Å²) in [6, 6.07) is 9.83. The van der Waals surface area contributed by atoms with Crippen molar-refractivity contribution < 1.29 is 4.79 Å². The third-order valence-corrected chi connectivity index (χ3v) is 4.51. The second-order valence-electron chi connectivity index (χ2n) is 5.75. The number of hydrogen-bond donors (Lipinski definition) is 2. The first-order valence-electron chi connectivity index (χ1n) is 8.45. The predicted octanol–water partition coefficient (Wildman–Crippen LogP) is 3.37. The van der Waals surface area contributed by atoms with Crippen molar-refractivity contribution in [1.82, 2.24) is 15.5 Å². The number of halogens is 1. The fourth-order valence-electron chi connectivity index (χ4n) is 2.50. The van der Waals surface area contributed by atoms with Crippen LogP contribution in [0.3, 0.4) is 0 Å². The molecule has 1 heterocycles. The number of nitrogens with one attached hydrogen (secondary N) is 2. The first-order valence-corrected chi connectivity index (χ1v) is 9.40. The third kappa shape index (κ3) is 6.95. The van der Waals surface area contributed by atoms with Crippen LogP contribution in [0.15, 0.2) is 46.1 Å². The molecule has 0 saturated heterocycles. The molecule has 0 aliphatic heterocycles. The van der Waals surface area contributed by atoms with Crippen molar-refractivity contribution in [3.63, 3.8) is 0 Å². The highest BCUT2D eigenvalue weighted by Gasteiger charge is 2.07. The number of carbonyl (C=O) groups is 1. The molecule has 0 unspecified atom stereocenters. The molecule has 0 spiro atoms. The topological polar surface area (TPSA) is 56.7 Å². The zero-order chi connectivity index (χ0) is 18.1. The Labute approximate surface area is 176 Å². The summed E-state index contributed by atoms with van der Waals surface area (Å²) in [6.07, 6.45) is 0.798. The number of benzene rings is 1. The molecule has 142 valence electrons. The smallest absolute Gasteiger partial charge is 0.251 e. The highest BCUT2D eigenvalue weighted by Crippen LogP contribution is 2.09. The van der Waals surface area contributed by atoms with E-state index >= 15 is 0 Å². The maximum atomic E-state index is 11.7. The summed E-state index contributed by atoms with van der Waals surface area (Å²) in [5.41, 5.74) is 3.09. The maximum Gasteiger partial charge on any atom is 0.251 e. The number of guanidine groups is 1. The van der Waals surface area contributed by atoms with Gasteiger partial charge >= 0.3 is 0 Å². The minimum Gasteiger partial charge on any atom is -0.357 e. The van der Waals surface area contributed by atoms with Gasteiger partial charge in [0.05, 0.1) is 0 Å². The number of hydrogen-bond acceptors (Lipinski definition) is 3. The van der Waals surface area contributed by atoms with Gasteiger partial charge in [0, 0.05) is 39.3 Å². The summed E-state index contributed by atoms with van der Waals surface area (Å²) in [6.45, 7) is 4.41. The van der Waals surface area contributed by atoms with Gasteiger partial charge in [0.1, 0.15) is 0 Å². The Morgan fingerprint density at radius 3 is 2.73 bits per heavy atom. The summed E-state index contributed by atoms with van der Waals surface area (Å²) in [5, 5.41) is 10.2. The van der Waals surface area contributed by atoms with E-state index in [0.717, 1.165) is 31.0 Å². The molecular weight excluding hydrogens is 459 g/mol. The number of carbonyl (C=O) groups excluding carboxylic acids is 1. The van der Waals surface area contributed by atoms with Crippen molar-refractivity contribution in [3.8, 4) is 0 Å². The van der Waals surface area contributed by atoms with Crippen LogP contribution in [0.2, 0.25) is 0 Å². The first kappa shape index (κ1) is 22.4. The SMILES string of the molecule is CCNC(=NCCc1cccc(C(=O)NC)c1)N(C)Cc1ccsc1.I. The second-order valence-corrected chi connectivity index (χ2v) is 6.53. The number of amides is 1. The Morgan fingerprint density at radius 1 is 1.27 bits per heavy atom. The molecular formula is C19H27IN4OS. The molecule has 0 fully saturated rings. The third-order valence-electron chi connectivity index (χ3n) is 3.77. The van der Waals surface area contributed by atoms with E-state index in [0.29, 0.717) is 12.1 Å². The quantitative estimate of drug-likeness (QED) is 0.359. The lowest BCUT2D eigenvalue weighted by Crippen LogP contribution is -2.38. The maximum absolute atomic E-state index is 11.7. The van der Waals surface area contributed by atoms with Crippen LogP contribution in [0.4, 0.5) is 0 Å². The predicted molar refractivity (Wildman–Crippen MR) is 121 cm³/mol. The van der Waals surface area contributed by atoms with E-state index in [4.69, 9.17) is 4.99 Å². The summed E-state index contributed by atoms with van der Waals surface area (Å²) in [5.74, 6) is 0.838. The Hall–Kier alpha value is -1.61. The Bertz CT molecular complexity index is 703. The van der Waals surface area contributed by atoms with Crippen molar-refractivity contribution in [3.05, 3.63) is 57.8 Å². The largest absolute Gasteiger partial charge is 0.357 e. The van der Waals surface area contributed by atoms with Crippen molar-refractivity contribution in [1.29, 1.82) is 0 Å². The van der Waals surface area contributed by atoms with Crippen LogP contribution >= 0.6 is 35.3 Å². The molecule has 1 aromatic heterocycles. The van der Waals surface area contributed by atoms with Crippen LogP contribution in [0.5, 0.6) is 0 Å². The van der Waals surface area contributed by atoms with E-state index in [1.165, 1.54) is 5.56 Å². The monoisotopic (exact) mass is 486 g/mol. The fourth-order valence-corrected chi connectivity index (χ4v) is 3.16. The van der Waals surface area contributed by atoms with Crippen LogP contribution < -0.4 is 10.6 Å². The highest BCUT2D eigenvalue weighted by atomic mass is 127. The van der Waals surface area contributed by atoms with Gasteiger partial charge in [-0.05, 0) is 53.4 Å². The van der Waals surface area contributed by atoms with E-state index < -0.39 is 0 Å². The lowest BCUT2D eigenvalue weighted by Gasteiger charge is -2.21. The fraction of sp³-hybridized carbons (Fsp3) is 0.368. The van der Waals surface area contributed by atoms with Crippen LogP contribution in [-0.2, 0) is 13.0 Å². The van der Waals surface area contributed by atoms with Gasteiger partial charge in [-0.1, -0.05) is 12.1 Å². The molecule has 7 heteroatoms. The lowest BCUT2D eigenvalue weighted by atomic mass is 10.1. The minimum absolute atomic E-state index is 0. The van der Waals surface area contributed by atoms with Crippen molar-refractivity contribution in [2.75, 3.05) is 27.2 Å². The number of nitrogens with zero attached hydrogens (tertiary/aromatic N) is 2. The van der Waals surface area contributed by atoms with Gasteiger partial charge in [-0.15, -0.1) is 24.0 Å². The molecule has 0 radical (unpaired) electrons. The minimum atomic E-state index is -0.0609. The van der Waals surface area contributed by atoms with E-state index in [1.807, 2.05) is 31.3 Å². The average molecular weight is 486 g/mol. The Balaban J connectivity index is 0.00000338. The van der Waals surface area contributed by atoms with Crippen LogP contribution in [-0.4, -0.2) is 44.0 Å². The van der Waals surface area contributed by atoms with E-state index in [1.54, 1.807) is 18.4 Å². The summed E-state index contributed by atoms with van der Waals surface area (Å²) in [7, 11) is 3.69. The van der Waals surface area contributed by atoms with E-state index in [2.05, 4.69) is 39.3 Å². The van der Waals surface area contributed by atoms with Crippen molar-refractivity contribution >= 4 is 47.2 Å². The van der Waals surface area contributed by atoms with Gasteiger partial charge in [-0.3, -0.25) is 9.79 Å². The zero-order valence-electron chi connectivity index (χ0n) is 15.5. The molecule has 0 aliphatic rings. The van der Waals surface area contributed by atoms with Crippen LogP contribution in [0.1, 0.15) is 28.4 Å². The van der Waals surface area contributed by atoms with Gasteiger partial charge in [0.25, 0.3) is 5.91 Å². The van der Waals surface area contributed by atoms with Gasteiger partial charge < -0.3 is 15.5 Å². The van der Waals surface area contributed by atoms with Gasteiger partial charge in [0.2, 0.25) is 0 Å². The van der Waals surface area contributed by atoms with Gasteiger partial charge in [-0.2, -0.15) is 11.3 Å². The lowest BCUT2D eigenvalue weighted by molar-refractivity contribution is 0.0963. The molecule has 0 bridgehead atoms. The molecule has 5 nitrogen and oxygen atoms in total. The molecule has 2 aromatic rings. The van der Waals surface area contributed by atoms with Crippen molar-refractivity contribution in [2.24, 2.45) is 4.99 Å². The summed E-state index contributed by atoms with van der Waals surface area (Å²) >= 11 is 1.71. The molecule has 1 amide bonds.